The summed E-state index contributed by atoms with van der Waals surface area (Å²) in [6.07, 6.45) is 0. The largest absolute Gasteiger partial charge is 0.466 e. The predicted octanol–water partition coefficient (Wildman–Crippen LogP) is 2.90. The monoisotopic (exact) mass is 248 g/mol. The van der Waals surface area contributed by atoms with E-state index in [1.807, 2.05) is 26.8 Å². The highest BCUT2D eigenvalue weighted by Crippen LogP contribution is 2.28. The van der Waals surface area contributed by atoms with Crippen LogP contribution in [-0.2, 0) is 0 Å². The van der Waals surface area contributed by atoms with Gasteiger partial charge in [-0.2, -0.15) is 0 Å². The highest BCUT2D eigenvalue weighted by Gasteiger charge is 2.21. The maximum atomic E-state index is 13.9. The van der Waals surface area contributed by atoms with Crippen LogP contribution in [0.15, 0.2) is 28.7 Å². The molecule has 0 bridgehead atoms. The Bertz CT molecular complexity index is 563. The molecule has 1 aromatic carbocycles. The van der Waals surface area contributed by atoms with Gasteiger partial charge in [-0.25, -0.2) is 9.82 Å². The zero-order valence-electron chi connectivity index (χ0n) is 10.8. The van der Waals surface area contributed by atoms with E-state index >= 15 is 0 Å². The number of rotatable bonds is 3. The van der Waals surface area contributed by atoms with Crippen LogP contribution >= 0.6 is 0 Å². The predicted molar refractivity (Wildman–Crippen MR) is 68.5 cm³/mol. The van der Waals surface area contributed by atoms with E-state index in [4.69, 9.17) is 10.3 Å². The molecule has 0 aliphatic heterocycles. The van der Waals surface area contributed by atoms with Crippen molar-refractivity contribution in [2.45, 2.75) is 26.8 Å². The fraction of sp³-hybridized carbons (Fsp3) is 0.286. The van der Waals surface area contributed by atoms with Gasteiger partial charge < -0.3 is 4.42 Å². The second-order valence-corrected chi connectivity index (χ2v) is 4.49. The topological polar surface area (TPSA) is 51.2 Å². The SMILES string of the molecule is Cc1ccc(F)c(C(NN)c2cc(C)oc2C)c1. The van der Waals surface area contributed by atoms with Crippen molar-refractivity contribution < 1.29 is 8.81 Å². The van der Waals surface area contributed by atoms with Crippen molar-refractivity contribution in [2.24, 2.45) is 5.84 Å². The summed E-state index contributed by atoms with van der Waals surface area (Å²) in [4.78, 5) is 0. The first-order chi connectivity index (χ1) is 8.52. The van der Waals surface area contributed by atoms with Crippen molar-refractivity contribution in [3.63, 3.8) is 0 Å². The Labute approximate surface area is 106 Å². The Morgan fingerprint density at radius 2 is 1.89 bits per heavy atom. The van der Waals surface area contributed by atoms with Gasteiger partial charge >= 0.3 is 0 Å². The summed E-state index contributed by atoms with van der Waals surface area (Å²) >= 11 is 0. The number of furan rings is 1. The van der Waals surface area contributed by atoms with Crippen molar-refractivity contribution in [1.29, 1.82) is 0 Å². The fourth-order valence-corrected chi connectivity index (χ4v) is 2.17. The molecule has 1 atom stereocenters. The molecule has 1 aromatic heterocycles. The van der Waals surface area contributed by atoms with Crippen LogP contribution in [0, 0.1) is 26.6 Å². The van der Waals surface area contributed by atoms with Crippen molar-refractivity contribution in [2.75, 3.05) is 0 Å². The van der Waals surface area contributed by atoms with E-state index in [9.17, 15) is 4.39 Å². The lowest BCUT2D eigenvalue weighted by Gasteiger charge is -2.17. The first-order valence-electron chi connectivity index (χ1n) is 5.82. The molecule has 0 fully saturated rings. The van der Waals surface area contributed by atoms with Gasteiger partial charge in [-0.05, 0) is 32.9 Å². The van der Waals surface area contributed by atoms with Crippen LogP contribution in [0.1, 0.15) is 34.3 Å². The Morgan fingerprint density at radius 3 is 2.44 bits per heavy atom. The average Bonchev–Trinajstić information content (AvgIpc) is 2.64. The second kappa shape index (κ2) is 4.92. The van der Waals surface area contributed by atoms with E-state index in [0.717, 1.165) is 22.6 Å². The summed E-state index contributed by atoms with van der Waals surface area (Å²) in [5.74, 6) is 6.83. The molecule has 1 unspecified atom stereocenters. The summed E-state index contributed by atoms with van der Waals surface area (Å²) in [6.45, 7) is 5.63. The third kappa shape index (κ3) is 2.30. The van der Waals surface area contributed by atoms with Gasteiger partial charge in [-0.3, -0.25) is 5.84 Å². The van der Waals surface area contributed by atoms with Crippen LogP contribution in [0.25, 0.3) is 0 Å². The first-order valence-corrected chi connectivity index (χ1v) is 5.82. The minimum absolute atomic E-state index is 0.276. The molecule has 2 aromatic rings. The third-order valence-corrected chi connectivity index (χ3v) is 3.02. The molecule has 1 heterocycles. The zero-order valence-corrected chi connectivity index (χ0v) is 10.8. The molecule has 4 heteroatoms. The van der Waals surface area contributed by atoms with Crippen LogP contribution < -0.4 is 11.3 Å². The minimum atomic E-state index is -0.401. The molecule has 96 valence electrons. The van der Waals surface area contributed by atoms with Gasteiger partial charge in [0.25, 0.3) is 0 Å². The van der Waals surface area contributed by atoms with Gasteiger partial charge in [0.05, 0.1) is 6.04 Å². The van der Waals surface area contributed by atoms with E-state index in [-0.39, 0.29) is 5.82 Å². The zero-order chi connectivity index (χ0) is 13.3. The average molecular weight is 248 g/mol. The lowest BCUT2D eigenvalue weighted by atomic mass is 9.97. The highest BCUT2D eigenvalue weighted by atomic mass is 19.1. The lowest BCUT2D eigenvalue weighted by Crippen LogP contribution is -2.29. The Kier molecular flexibility index (Phi) is 3.50. The van der Waals surface area contributed by atoms with E-state index in [2.05, 4.69) is 5.43 Å². The summed E-state index contributed by atoms with van der Waals surface area (Å²) in [6, 6.07) is 6.46. The highest BCUT2D eigenvalue weighted by molar-refractivity contribution is 5.36. The van der Waals surface area contributed by atoms with E-state index in [0.29, 0.717) is 5.56 Å². The van der Waals surface area contributed by atoms with Gasteiger partial charge in [-0.15, -0.1) is 0 Å². The van der Waals surface area contributed by atoms with E-state index < -0.39 is 6.04 Å². The number of nitrogens with one attached hydrogen (secondary N) is 1. The van der Waals surface area contributed by atoms with Gasteiger partial charge in [0.1, 0.15) is 17.3 Å². The number of nitrogens with two attached hydrogens (primary N) is 1. The van der Waals surface area contributed by atoms with Gasteiger partial charge in [-0.1, -0.05) is 17.7 Å². The molecule has 0 saturated heterocycles. The lowest BCUT2D eigenvalue weighted by molar-refractivity contribution is 0.492. The smallest absolute Gasteiger partial charge is 0.128 e. The molecule has 0 spiro atoms. The fourth-order valence-electron chi connectivity index (χ4n) is 2.17. The molecule has 3 N–H and O–H groups in total. The third-order valence-electron chi connectivity index (χ3n) is 3.02. The molecule has 18 heavy (non-hydrogen) atoms. The quantitative estimate of drug-likeness (QED) is 0.648. The Morgan fingerprint density at radius 1 is 1.17 bits per heavy atom. The van der Waals surface area contributed by atoms with E-state index in [1.54, 1.807) is 12.1 Å². The first kappa shape index (κ1) is 12.8. The molecule has 0 aliphatic carbocycles. The number of aryl methyl sites for hydroxylation is 3. The van der Waals surface area contributed by atoms with Crippen LogP contribution in [-0.4, -0.2) is 0 Å². The normalized spacial score (nSPS) is 12.7. The van der Waals surface area contributed by atoms with Crippen molar-refractivity contribution in [3.8, 4) is 0 Å². The Hall–Kier alpha value is -1.65. The van der Waals surface area contributed by atoms with Crippen molar-refractivity contribution in [1.82, 2.24) is 5.43 Å². The number of halogens is 1. The van der Waals surface area contributed by atoms with Gasteiger partial charge in [0, 0.05) is 11.1 Å². The number of hydrazine groups is 1. The molecule has 0 amide bonds. The molecule has 0 radical (unpaired) electrons. The summed E-state index contributed by atoms with van der Waals surface area (Å²) in [5, 5.41) is 0. The van der Waals surface area contributed by atoms with Crippen LogP contribution in [0.3, 0.4) is 0 Å². The van der Waals surface area contributed by atoms with Crippen LogP contribution in [0.4, 0.5) is 4.39 Å². The van der Waals surface area contributed by atoms with Crippen LogP contribution in [0.5, 0.6) is 0 Å². The number of hydrogen-bond donors (Lipinski definition) is 2. The maximum Gasteiger partial charge on any atom is 0.128 e. The summed E-state index contributed by atoms with van der Waals surface area (Å²) < 4.78 is 19.4. The second-order valence-electron chi connectivity index (χ2n) is 4.49. The maximum absolute atomic E-state index is 13.9. The summed E-state index contributed by atoms with van der Waals surface area (Å²) in [5.41, 5.74) is 5.04. The van der Waals surface area contributed by atoms with Gasteiger partial charge in [0.2, 0.25) is 0 Å². The molecular weight excluding hydrogens is 231 g/mol. The minimum Gasteiger partial charge on any atom is -0.466 e. The Balaban J connectivity index is 2.51. The molecule has 0 aliphatic rings. The number of benzene rings is 1. The molecule has 0 saturated carbocycles. The van der Waals surface area contributed by atoms with E-state index in [1.165, 1.54) is 6.07 Å². The number of hydrogen-bond acceptors (Lipinski definition) is 3. The summed E-state index contributed by atoms with van der Waals surface area (Å²) in [7, 11) is 0. The van der Waals surface area contributed by atoms with Crippen molar-refractivity contribution >= 4 is 0 Å². The molecule has 2 rings (SSSR count). The molecular formula is C14H17FN2O. The van der Waals surface area contributed by atoms with Gasteiger partial charge in [0.15, 0.2) is 0 Å². The molecule has 3 nitrogen and oxygen atoms in total. The standard InChI is InChI=1S/C14H17FN2O/c1-8-4-5-13(15)12(6-8)14(17-16)11-7-9(2)18-10(11)3/h4-7,14,17H,16H2,1-3H3. The van der Waals surface area contributed by atoms with Crippen LogP contribution in [0.2, 0.25) is 0 Å². The van der Waals surface area contributed by atoms with Crippen molar-refractivity contribution in [3.05, 3.63) is 58.3 Å².